The average molecular weight is 340 g/mol. The molecule has 2 aromatic rings. The van der Waals surface area contributed by atoms with E-state index in [1.165, 1.54) is 5.56 Å². The number of hydrogen-bond acceptors (Lipinski definition) is 4. The second-order valence-electron chi connectivity index (χ2n) is 6.33. The molecule has 132 valence electrons. The van der Waals surface area contributed by atoms with E-state index in [2.05, 4.69) is 34.3 Å². The van der Waals surface area contributed by atoms with Crippen molar-refractivity contribution in [3.8, 4) is 6.01 Å². The molecule has 1 aliphatic heterocycles. The number of nitrogens with zero attached hydrogens (tertiary/aromatic N) is 3. The number of rotatable bonds is 5. The number of amides is 2. The summed E-state index contributed by atoms with van der Waals surface area (Å²) in [7, 11) is 0. The van der Waals surface area contributed by atoms with Gasteiger partial charge < -0.3 is 15.0 Å². The number of carbonyl (C=O) groups is 1. The molecule has 2 amide bonds. The van der Waals surface area contributed by atoms with E-state index in [9.17, 15) is 4.79 Å². The van der Waals surface area contributed by atoms with E-state index in [-0.39, 0.29) is 12.1 Å². The van der Waals surface area contributed by atoms with Gasteiger partial charge in [0.2, 0.25) is 0 Å². The molecule has 6 heteroatoms. The molecule has 1 fully saturated rings. The molecule has 1 saturated heterocycles. The maximum atomic E-state index is 12.3. The molecule has 2 heterocycles. The van der Waals surface area contributed by atoms with Crippen LogP contribution in [0.4, 0.5) is 4.79 Å². The molecule has 1 aliphatic rings. The van der Waals surface area contributed by atoms with E-state index in [0.717, 1.165) is 12.8 Å². The van der Waals surface area contributed by atoms with Crippen LogP contribution in [0.5, 0.6) is 6.01 Å². The maximum Gasteiger partial charge on any atom is 0.317 e. The predicted octanol–water partition coefficient (Wildman–Crippen LogP) is 2.83. The highest BCUT2D eigenvalue weighted by Gasteiger charge is 2.24. The fourth-order valence-corrected chi connectivity index (χ4v) is 2.92. The van der Waals surface area contributed by atoms with Gasteiger partial charge in [-0.1, -0.05) is 37.3 Å². The van der Waals surface area contributed by atoms with Gasteiger partial charge in [-0.2, -0.15) is 0 Å². The van der Waals surface area contributed by atoms with Gasteiger partial charge in [0.15, 0.2) is 0 Å². The molecule has 0 aliphatic carbocycles. The first-order valence-electron chi connectivity index (χ1n) is 8.74. The molecule has 1 aromatic heterocycles. The van der Waals surface area contributed by atoms with E-state index in [0.29, 0.717) is 31.6 Å². The van der Waals surface area contributed by atoms with E-state index < -0.39 is 0 Å². The van der Waals surface area contributed by atoms with Gasteiger partial charge in [-0.25, -0.2) is 14.8 Å². The summed E-state index contributed by atoms with van der Waals surface area (Å²) in [5.41, 5.74) is 1.23. The van der Waals surface area contributed by atoms with Gasteiger partial charge in [0.05, 0.1) is 0 Å². The SMILES string of the molecule is C[C@H](CNC(=O)N1CCC(Oc2ncccn2)CC1)c1ccccc1. The third-order valence-electron chi connectivity index (χ3n) is 4.47. The minimum absolute atomic E-state index is 0.00260. The fourth-order valence-electron chi connectivity index (χ4n) is 2.92. The Kier molecular flexibility index (Phi) is 5.82. The first-order chi connectivity index (χ1) is 12.2. The number of carbonyl (C=O) groups excluding carboxylic acids is 1. The smallest absolute Gasteiger partial charge is 0.317 e. The quantitative estimate of drug-likeness (QED) is 0.909. The van der Waals surface area contributed by atoms with Crippen molar-refractivity contribution < 1.29 is 9.53 Å². The Morgan fingerprint density at radius 1 is 1.20 bits per heavy atom. The van der Waals surface area contributed by atoms with Crippen LogP contribution >= 0.6 is 0 Å². The molecule has 0 saturated carbocycles. The van der Waals surface area contributed by atoms with Crippen LogP contribution in [0.3, 0.4) is 0 Å². The number of piperidine rings is 1. The summed E-state index contributed by atoms with van der Waals surface area (Å²) < 4.78 is 5.76. The van der Waals surface area contributed by atoms with E-state index in [1.54, 1.807) is 18.5 Å². The molecule has 0 unspecified atom stereocenters. The van der Waals surface area contributed by atoms with E-state index >= 15 is 0 Å². The van der Waals surface area contributed by atoms with Crippen molar-refractivity contribution in [3.63, 3.8) is 0 Å². The molecule has 1 aromatic carbocycles. The van der Waals surface area contributed by atoms with Crippen LogP contribution in [-0.4, -0.2) is 46.6 Å². The Hall–Kier alpha value is -2.63. The molecule has 1 atom stereocenters. The van der Waals surface area contributed by atoms with Crippen LogP contribution in [0.1, 0.15) is 31.2 Å². The van der Waals surface area contributed by atoms with Gasteiger partial charge in [-0.15, -0.1) is 0 Å². The summed E-state index contributed by atoms with van der Waals surface area (Å²) in [6, 6.07) is 12.4. The summed E-state index contributed by atoms with van der Waals surface area (Å²) in [5, 5.41) is 3.04. The summed E-state index contributed by atoms with van der Waals surface area (Å²) in [6.07, 6.45) is 4.98. The van der Waals surface area contributed by atoms with E-state index in [4.69, 9.17) is 4.74 Å². The number of likely N-dealkylation sites (tertiary alicyclic amines) is 1. The van der Waals surface area contributed by atoms with E-state index in [1.807, 2.05) is 23.1 Å². The number of urea groups is 1. The van der Waals surface area contributed by atoms with Crippen molar-refractivity contribution in [3.05, 3.63) is 54.4 Å². The molecule has 1 N–H and O–H groups in total. The minimum atomic E-state index is -0.00260. The Labute approximate surface area is 148 Å². The Balaban J connectivity index is 1.41. The molecule has 0 bridgehead atoms. The second kappa shape index (κ2) is 8.46. The van der Waals surface area contributed by atoms with Crippen LogP contribution in [0.15, 0.2) is 48.8 Å². The second-order valence-corrected chi connectivity index (χ2v) is 6.33. The lowest BCUT2D eigenvalue weighted by molar-refractivity contribution is 0.103. The fraction of sp³-hybridized carbons (Fsp3) is 0.421. The van der Waals surface area contributed by atoms with Gasteiger partial charge in [0.1, 0.15) is 6.10 Å². The van der Waals surface area contributed by atoms with Gasteiger partial charge in [0.25, 0.3) is 0 Å². The zero-order valence-electron chi connectivity index (χ0n) is 14.5. The maximum absolute atomic E-state index is 12.3. The van der Waals surface area contributed by atoms with Gasteiger partial charge >= 0.3 is 12.0 Å². The van der Waals surface area contributed by atoms with Gasteiger partial charge in [-0.3, -0.25) is 0 Å². The van der Waals surface area contributed by atoms with Crippen LogP contribution in [-0.2, 0) is 0 Å². The monoisotopic (exact) mass is 340 g/mol. The number of hydrogen-bond donors (Lipinski definition) is 1. The van der Waals surface area contributed by atoms with Gasteiger partial charge in [0, 0.05) is 44.9 Å². The molecule has 0 radical (unpaired) electrons. The van der Waals surface area contributed by atoms with Crippen molar-refractivity contribution >= 4 is 6.03 Å². The molecular weight excluding hydrogens is 316 g/mol. The van der Waals surface area contributed by atoms with Crippen molar-refractivity contribution in [2.24, 2.45) is 0 Å². The highest BCUT2D eigenvalue weighted by atomic mass is 16.5. The minimum Gasteiger partial charge on any atom is -0.460 e. The highest BCUT2D eigenvalue weighted by Crippen LogP contribution is 2.16. The molecular formula is C19H24N4O2. The topological polar surface area (TPSA) is 67.4 Å². The number of ether oxygens (including phenoxy) is 1. The lowest BCUT2D eigenvalue weighted by Crippen LogP contribution is -2.47. The normalized spacial score (nSPS) is 16.3. The molecule has 3 rings (SSSR count). The zero-order chi connectivity index (χ0) is 17.5. The molecule has 0 spiro atoms. The zero-order valence-corrected chi connectivity index (χ0v) is 14.5. The van der Waals surface area contributed by atoms with Crippen LogP contribution < -0.4 is 10.1 Å². The van der Waals surface area contributed by atoms with Crippen LogP contribution in [0, 0.1) is 0 Å². The van der Waals surface area contributed by atoms with Crippen molar-refractivity contribution in [2.75, 3.05) is 19.6 Å². The number of nitrogens with one attached hydrogen (secondary N) is 1. The summed E-state index contributed by atoms with van der Waals surface area (Å²) in [4.78, 5) is 22.4. The Bertz CT molecular complexity index is 658. The predicted molar refractivity (Wildman–Crippen MR) is 95.5 cm³/mol. The van der Waals surface area contributed by atoms with Gasteiger partial charge in [-0.05, 0) is 17.5 Å². The Morgan fingerprint density at radius 3 is 2.56 bits per heavy atom. The van der Waals surface area contributed by atoms with Crippen molar-refractivity contribution in [1.29, 1.82) is 0 Å². The lowest BCUT2D eigenvalue weighted by atomic mass is 10.0. The summed E-state index contributed by atoms with van der Waals surface area (Å²) in [6.45, 7) is 4.12. The number of aromatic nitrogens is 2. The number of benzene rings is 1. The van der Waals surface area contributed by atoms with Crippen LogP contribution in [0.2, 0.25) is 0 Å². The first kappa shape index (κ1) is 17.2. The van der Waals surface area contributed by atoms with Crippen LogP contribution in [0.25, 0.3) is 0 Å². The Morgan fingerprint density at radius 2 is 1.88 bits per heavy atom. The summed E-state index contributed by atoms with van der Waals surface area (Å²) in [5.74, 6) is 0.293. The third kappa shape index (κ3) is 4.92. The standard InChI is InChI=1S/C19H24N4O2/c1-15(16-6-3-2-4-7-16)14-22-19(24)23-12-8-17(9-13-23)25-18-20-10-5-11-21-18/h2-7,10-11,15,17H,8-9,12-14H2,1H3,(H,22,24)/t15-/m1/s1. The first-order valence-corrected chi connectivity index (χ1v) is 8.74. The lowest BCUT2D eigenvalue weighted by Gasteiger charge is -2.32. The molecule has 25 heavy (non-hydrogen) atoms. The third-order valence-corrected chi connectivity index (χ3v) is 4.47. The highest BCUT2D eigenvalue weighted by molar-refractivity contribution is 5.74. The molecule has 6 nitrogen and oxygen atoms in total. The van der Waals surface area contributed by atoms with Crippen molar-refractivity contribution in [1.82, 2.24) is 20.2 Å². The summed E-state index contributed by atoms with van der Waals surface area (Å²) >= 11 is 0. The van der Waals surface area contributed by atoms with Crippen molar-refractivity contribution in [2.45, 2.75) is 31.8 Å². The largest absolute Gasteiger partial charge is 0.460 e. The average Bonchev–Trinajstić information content (AvgIpc) is 2.68.